The third-order valence-corrected chi connectivity index (χ3v) is 2.35. The smallest absolute Gasteiger partial charge is 0.180 e. The molecule has 0 spiro atoms. The maximum absolute atomic E-state index is 5.72. The molecule has 0 saturated carbocycles. The molecular weight excluding hydrogens is 216 g/mol. The molecule has 0 bridgehead atoms. The third-order valence-electron chi connectivity index (χ3n) is 2.35. The average Bonchev–Trinajstić information content (AvgIpc) is 2.72. The molecule has 5 nitrogen and oxygen atoms in total. The normalized spacial score (nSPS) is 10.6. The number of nitrogens with zero attached hydrogens (tertiary/aromatic N) is 4. The highest BCUT2D eigenvalue weighted by Gasteiger charge is 2.06. The molecule has 0 amide bonds. The van der Waals surface area contributed by atoms with Crippen LogP contribution in [0.3, 0.4) is 0 Å². The monoisotopic (exact) mass is 226 g/mol. The lowest BCUT2D eigenvalue weighted by molar-refractivity contribution is 0.480. The Hall–Kier alpha value is -2.43. The van der Waals surface area contributed by atoms with E-state index in [1.807, 2.05) is 35.9 Å². The summed E-state index contributed by atoms with van der Waals surface area (Å²) in [5.41, 5.74) is 1.75. The van der Waals surface area contributed by atoms with Gasteiger partial charge in [0.15, 0.2) is 11.4 Å². The van der Waals surface area contributed by atoms with Crippen LogP contribution < -0.4 is 4.74 Å². The zero-order chi connectivity index (χ0) is 11.7. The van der Waals surface area contributed by atoms with Crippen LogP contribution in [0.25, 0.3) is 5.65 Å². The van der Waals surface area contributed by atoms with Crippen molar-refractivity contribution in [2.75, 3.05) is 0 Å². The quantitative estimate of drug-likeness (QED) is 0.672. The molecule has 84 valence electrons. The predicted molar refractivity (Wildman–Crippen MR) is 62.0 cm³/mol. The van der Waals surface area contributed by atoms with Crippen LogP contribution in [0.4, 0.5) is 0 Å². The van der Waals surface area contributed by atoms with Gasteiger partial charge in [0.1, 0.15) is 5.75 Å². The summed E-state index contributed by atoms with van der Waals surface area (Å²) < 4.78 is 7.65. The molecule has 17 heavy (non-hydrogen) atoms. The first-order valence-corrected chi connectivity index (χ1v) is 5.22. The third kappa shape index (κ3) is 1.82. The van der Waals surface area contributed by atoms with E-state index < -0.39 is 0 Å². The summed E-state index contributed by atoms with van der Waals surface area (Å²) in [7, 11) is 0. The van der Waals surface area contributed by atoms with Crippen molar-refractivity contribution in [1.82, 2.24) is 19.6 Å². The van der Waals surface area contributed by atoms with Crippen LogP contribution >= 0.6 is 0 Å². The molecule has 0 saturated heterocycles. The van der Waals surface area contributed by atoms with Crippen molar-refractivity contribution >= 4 is 5.65 Å². The molecule has 3 rings (SSSR count). The number of ether oxygens (including phenoxy) is 1. The van der Waals surface area contributed by atoms with E-state index in [0.717, 1.165) is 11.3 Å². The van der Waals surface area contributed by atoms with Gasteiger partial charge in [-0.05, 0) is 19.1 Å². The summed E-state index contributed by atoms with van der Waals surface area (Å²) in [5, 5.41) is 7.47. The summed E-state index contributed by atoms with van der Waals surface area (Å²) in [4.78, 5) is 4.41. The number of hydrogen-bond donors (Lipinski definition) is 0. The number of rotatable bonds is 2. The Balaban J connectivity index is 2.06. The molecule has 0 unspecified atom stereocenters. The van der Waals surface area contributed by atoms with Gasteiger partial charge in [0.2, 0.25) is 0 Å². The van der Waals surface area contributed by atoms with Gasteiger partial charge in [0.05, 0.1) is 18.1 Å². The Kier molecular flexibility index (Phi) is 2.22. The molecule has 0 aliphatic carbocycles. The fraction of sp³-hybridized carbons (Fsp3) is 0.0833. The fourth-order valence-electron chi connectivity index (χ4n) is 1.66. The van der Waals surface area contributed by atoms with Gasteiger partial charge in [-0.1, -0.05) is 0 Å². The molecule has 0 fully saturated rings. The Bertz CT molecular complexity index is 648. The van der Waals surface area contributed by atoms with Crippen LogP contribution in [-0.4, -0.2) is 19.6 Å². The summed E-state index contributed by atoms with van der Waals surface area (Å²) >= 11 is 0. The minimum atomic E-state index is 0.647. The molecule has 5 heteroatoms. The molecule has 0 aromatic carbocycles. The average molecular weight is 226 g/mol. The zero-order valence-corrected chi connectivity index (χ0v) is 9.24. The second-order valence-electron chi connectivity index (χ2n) is 3.67. The lowest BCUT2D eigenvalue weighted by Crippen LogP contribution is -1.90. The second kappa shape index (κ2) is 3.86. The van der Waals surface area contributed by atoms with Gasteiger partial charge in [-0.25, -0.2) is 4.98 Å². The molecule has 3 aromatic heterocycles. The first-order chi connectivity index (χ1) is 8.33. The number of hydrogen-bond acceptors (Lipinski definition) is 4. The highest BCUT2D eigenvalue weighted by atomic mass is 16.5. The number of pyridine rings is 1. The number of aromatic nitrogens is 4. The Morgan fingerprint density at radius 1 is 1.24 bits per heavy atom. The van der Waals surface area contributed by atoms with Crippen LogP contribution in [0.5, 0.6) is 11.5 Å². The van der Waals surface area contributed by atoms with Gasteiger partial charge in [0.25, 0.3) is 0 Å². The van der Waals surface area contributed by atoms with E-state index in [0.29, 0.717) is 11.5 Å². The topological polar surface area (TPSA) is 52.3 Å². The molecule has 0 aliphatic heterocycles. The molecule has 0 aliphatic rings. The minimum absolute atomic E-state index is 0.647. The maximum Gasteiger partial charge on any atom is 0.180 e. The molecule has 3 heterocycles. The Morgan fingerprint density at radius 2 is 2.18 bits per heavy atom. The highest BCUT2D eigenvalue weighted by molar-refractivity contribution is 5.55. The number of aryl methyl sites for hydroxylation is 1. The van der Waals surface area contributed by atoms with E-state index in [1.54, 1.807) is 18.5 Å². The van der Waals surface area contributed by atoms with Crippen molar-refractivity contribution in [1.29, 1.82) is 0 Å². The van der Waals surface area contributed by atoms with Crippen LogP contribution in [0, 0.1) is 6.92 Å². The van der Waals surface area contributed by atoms with Crippen LogP contribution in [-0.2, 0) is 0 Å². The largest absolute Gasteiger partial charge is 0.452 e. The van der Waals surface area contributed by atoms with Gasteiger partial charge in [0, 0.05) is 18.5 Å². The molecule has 0 N–H and O–H groups in total. The van der Waals surface area contributed by atoms with Crippen molar-refractivity contribution in [3.63, 3.8) is 0 Å². The Morgan fingerprint density at radius 3 is 3.00 bits per heavy atom. The van der Waals surface area contributed by atoms with Crippen molar-refractivity contribution in [2.45, 2.75) is 6.92 Å². The minimum Gasteiger partial charge on any atom is -0.452 e. The summed E-state index contributed by atoms with van der Waals surface area (Å²) in [5.74, 6) is 1.35. The van der Waals surface area contributed by atoms with Gasteiger partial charge in [-0.3, -0.25) is 0 Å². The highest BCUT2D eigenvalue weighted by Crippen LogP contribution is 2.24. The maximum atomic E-state index is 5.72. The van der Waals surface area contributed by atoms with E-state index in [-0.39, 0.29) is 0 Å². The van der Waals surface area contributed by atoms with Crippen LogP contribution in [0.2, 0.25) is 0 Å². The second-order valence-corrected chi connectivity index (χ2v) is 3.67. The first-order valence-electron chi connectivity index (χ1n) is 5.22. The zero-order valence-electron chi connectivity index (χ0n) is 9.24. The van der Waals surface area contributed by atoms with E-state index in [4.69, 9.17) is 4.74 Å². The van der Waals surface area contributed by atoms with Gasteiger partial charge in [-0.2, -0.15) is 10.2 Å². The molecule has 0 atom stereocenters. The van der Waals surface area contributed by atoms with Crippen LogP contribution in [0.1, 0.15) is 5.69 Å². The SMILES string of the molecule is Cc1cn2cccc(Oc3ccnnc3)c2n1. The standard InChI is InChI=1S/C12H10N4O/c1-9-8-16-6-2-3-11(12(16)15-9)17-10-4-5-13-14-7-10/h2-8H,1H3. The van der Waals surface area contributed by atoms with Gasteiger partial charge >= 0.3 is 0 Å². The van der Waals surface area contributed by atoms with E-state index in [9.17, 15) is 0 Å². The summed E-state index contributed by atoms with van der Waals surface area (Å²) in [6.45, 7) is 1.95. The van der Waals surface area contributed by atoms with E-state index in [2.05, 4.69) is 15.2 Å². The Labute approximate surface area is 97.7 Å². The summed E-state index contributed by atoms with van der Waals surface area (Å²) in [6.07, 6.45) is 7.05. The van der Waals surface area contributed by atoms with Crippen molar-refractivity contribution in [2.24, 2.45) is 0 Å². The van der Waals surface area contributed by atoms with Crippen LogP contribution in [0.15, 0.2) is 43.0 Å². The van der Waals surface area contributed by atoms with Crippen molar-refractivity contribution < 1.29 is 4.74 Å². The van der Waals surface area contributed by atoms with Crippen molar-refractivity contribution in [3.05, 3.63) is 48.7 Å². The molecular formula is C12H10N4O. The molecule has 0 radical (unpaired) electrons. The molecule has 3 aromatic rings. The van der Waals surface area contributed by atoms with E-state index in [1.165, 1.54) is 0 Å². The van der Waals surface area contributed by atoms with Crippen molar-refractivity contribution in [3.8, 4) is 11.5 Å². The van der Waals surface area contributed by atoms with Gasteiger partial charge in [-0.15, -0.1) is 0 Å². The van der Waals surface area contributed by atoms with Gasteiger partial charge < -0.3 is 9.14 Å². The predicted octanol–water partition coefficient (Wildman–Crippen LogP) is 2.23. The summed E-state index contributed by atoms with van der Waals surface area (Å²) in [6, 6.07) is 5.55. The number of imidazole rings is 1. The van der Waals surface area contributed by atoms with E-state index >= 15 is 0 Å². The number of fused-ring (bicyclic) bond motifs is 1. The fourth-order valence-corrected chi connectivity index (χ4v) is 1.66. The lowest BCUT2D eigenvalue weighted by Gasteiger charge is -2.05. The first kappa shape index (κ1) is 9.77. The lowest BCUT2D eigenvalue weighted by atomic mass is 10.4.